The van der Waals surface area contributed by atoms with Crippen LogP contribution in [0.5, 0.6) is 0 Å². The average Bonchev–Trinajstić information content (AvgIpc) is 2.58. The molecule has 5 heteroatoms. The molecule has 22 heavy (non-hydrogen) atoms. The second-order valence-electron chi connectivity index (χ2n) is 4.48. The van der Waals surface area contributed by atoms with Crippen LogP contribution in [0.1, 0.15) is 21.6 Å². The lowest BCUT2D eigenvalue weighted by Crippen LogP contribution is -2.24. The second kappa shape index (κ2) is 8.36. The van der Waals surface area contributed by atoms with Crippen LogP contribution in [0.3, 0.4) is 0 Å². The zero-order chi connectivity index (χ0) is 15.6. The number of ether oxygens (including phenoxy) is 1. The van der Waals surface area contributed by atoms with Gasteiger partial charge in [0.15, 0.2) is 6.29 Å². The van der Waals surface area contributed by atoms with Crippen molar-refractivity contribution in [3.05, 3.63) is 71.6 Å². The molecule has 1 aromatic heterocycles. The lowest BCUT2D eigenvalue weighted by atomic mass is 10.2. The summed E-state index contributed by atoms with van der Waals surface area (Å²) in [6.07, 6.45) is 5.40. The van der Waals surface area contributed by atoms with E-state index in [1.807, 2.05) is 30.3 Å². The normalized spacial score (nSPS) is 10.4. The molecule has 2 aromatic rings. The highest BCUT2D eigenvalue weighted by atomic mass is 16.5. The Balaban J connectivity index is 1.69. The molecule has 1 N–H and O–H groups in total. The molecule has 0 aliphatic carbocycles. The van der Waals surface area contributed by atoms with Gasteiger partial charge in [0, 0.05) is 12.7 Å². The summed E-state index contributed by atoms with van der Waals surface area (Å²) >= 11 is 0. The molecule has 0 aliphatic heterocycles. The van der Waals surface area contributed by atoms with Crippen molar-refractivity contribution in [1.82, 2.24) is 10.3 Å². The van der Waals surface area contributed by atoms with Gasteiger partial charge in [-0.05, 0) is 17.2 Å². The molecule has 0 aliphatic rings. The number of aromatic nitrogens is 1. The second-order valence-corrected chi connectivity index (χ2v) is 4.48. The van der Waals surface area contributed by atoms with Gasteiger partial charge in [0.2, 0.25) is 0 Å². The number of carbonyl (C=O) groups is 2. The van der Waals surface area contributed by atoms with Crippen LogP contribution in [0.25, 0.3) is 6.08 Å². The van der Waals surface area contributed by atoms with E-state index in [4.69, 9.17) is 4.74 Å². The Labute approximate surface area is 128 Å². The summed E-state index contributed by atoms with van der Waals surface area (Å²) in [5.74, 6) is 0. The third kappa shape index (κ3) is 5.20. The summed E-state index contributed by atoms with van der Waals surface area (Å²) in [4.78, 5) is 25.9. The van der Waals surface area contributed by atoms with Crippen molar-refractivity contribution >= 4 is 18.5 Å². The van der Waals surface area contributed by atoms with Crippen LogP contribution in [0, 0.1) is 0 Å². The van der Waals surface area contributed by atoms with Crippen LogP contribution < -0.4 is 5.32 Å². The molecule has 112 valence electrons. The van der Waals surface area contributed by atoms with Crippen molar-refractivity contribution in [3.63, 3.8) is 0 Å². The van der Waals surface area contributed by atoms with Gasteiger partial charge in [0.1, 0.15) is 12.3 Å². The molecule has 0 radical (unpaired) electrons. The predicted molar refractivity (Wildman–Crippen MR) is 83.3 cm³/mol. The van der Waals surface area contributed by atoms with Crippen LogP contribution in [-0.2, 0) is 11.3 Å². The number of rotatable bonds is 6. The van der Waals surface area contributed by atoms with Gasteiger partial charge in [-0.3, -0.25) is 9.78 Å². The molecule has 0 fully saturated rings. The summed E-state index contributed by atoms with van der Waals surface area (Å²) in [5.41, 5.74) is 2.18. The molecule has 1 amide bonds. The number of nitrogens with one attached hydrogen (secondary N) is 1. The zero-order valence-corrected chi connectivity index (χ0v) is 11.9. The summed E-state index contributed by atoms with van der Waals surface area (Å²) in [7, 11) is 0. The van der Waals surface area contributed by atoms with Crippen molar-refractivity contribution in [2.75, 3.05) is 6.54 Å². The lowest BCUT2D eigenvalue weighted by Gasteiger charge is -2.05. The Hall–Kier alpha value is -2.95. The number of hydrogen-bond donors (Lipinski definition) is 1. The third-order valence-corrected chi connectivity index (χ3v) is 2.82. The first kappa shape index (κ1) is 15.4. The summed E-state index contributed by atoms with van der Waals surface area (Å²) in [6, 6.07) is 12.9. The fraction of sp³-hybridized carbons (Fsp3) is 0.118. The van der Waals surface area contributed by atoms with E-state index in [2.05, 4.69) is 10.3 Å². The first-order valence-corrected chi connectivity index (χ1v) is 6.80. The predicted octanol–water partition coefficient (Wildman–Crippen LogP) is 2.83. The summed E-state index contributed by atoms with van der Waals surface area (Å²) in [5, 5.41) is 2.62. The molecule has 0 saturated heterocycles. The fourth-order valence-electron chi connectivity index (χ4n) is 1.70. The topological polar surface area (TPSA) is 68.3 Å². The maximum atomic E-state index is 11.5. The number of alkyl carbamates (subject to hydrolysis) is 1. The van der Waals surface area contributed by atoms with E-state index in [1.54, 1.807) is 30.5 Å². The number of hydrogen-bond acceptors (Lipinski definition) is 4. The first-order valence-electron chi connectivity index (χ1n) is 6.80. The largest absolute Gasteiger partial charge is 0.445 e. The van der Waals surface area contributed by atoms with Crippen LogP contribution in [0.2, 0.25) is 0 Å². The van der Waals surface area contributed by atoms with E-state index in [9.17, 15) is 9.59 Å². The molecule has 0 atom stereocenters. The fourth-order valence-corrected chi connectivity index (χ4v) is 1.70. The van der Waals surface area contributed by atoms with E-state index in [-0.39, 0.29) is 6.61 Å². The molecule has 5 nitrogen and oxygen atoms in total. The average molecular weight is 296 g/mol. The van der Waals surface area contributed by atoms with Gasteiger partial charge >= 0.3 is 6.09 Å². The quantitative estimate of drug-likeness (QED) is 0.832. The monoisotopic (exact) mass is 296 g/mol. The van der Waals surface area contributed by atoms with Gasteiger partial charge in [0.05, 0.1) is 0 Å². The van der Waals surface area contributed by atoms with Crippen LogP contribution in [-0.4, -0.2) is 23.9 Å². The molecular formula is C17H16N2O3. The Morgan fingerprint density at radius 1 is 1.18 bits per heavy atom. The zero-order valence-electron chi connectivity index (χ0n) is 11.9. The van der Waals surface area contributed by atoms with Crippen molar-refractivity contribution in [1.29, 1.82) is 0 Å². The Morgan fingerprint density at radius 2 is 2.00 bits per heavy atom. The first-order chi connectivity index (χ1) is 10.8. The van der Waals surface area contributed by atoms with Gasteiger partial charge in [-0.1, -0.05) is 48.6 Å². The molecule has 0 spiro atoms. The van der Waals surface area contributed by atoms with Crippen molar-refractivity contribution in [3.8, 4) is 0 Å². The smallest absolute Gasteiger partial charge is 0.407 e. The van der Waals surface area contributed by atoms with Crippen LogP contribution >= 0.6 is 0 Å². The summed E-state index contributed by atoms with van der Waals surface area (Å²) < 4.78 is 5.08. The number of carbonyl (C=O) groups excluding carboxylic acids is 2. The molecule has 2 rings (SSSR count). The van der Waals surface area contributed by atoms with Crippen molar-refractivity contribution < 1.29 is 14.3 Å². The van der Waals surface area contributed by atoms with Gasteiger partial charge in [-0.2, -0.15) is 0 Å². The SMILES string of the molecule is O=Cc1ccc(C=CCNC(=O)OCc2ccccc2)cn1. The molecule has 1 aromatic carbocycles. The standard InChI is InChI=1S/C17H16N2O3/c20-12-16-9-8-14(11-19-16)7-4-10-18-17(21)22-13-15-5-2-1-3-6-15/h1-9,11-12H,10,13H2,(H,18,21). The van der Waals surface area contributed by atoms with Gasteiger partial charge in [-0.15, -0.1) is 0 Å². The number of benzene rings is 1. The maximum Gasteiger partial charge on any atom is 0.407 e. The van der Waals surface area contributed by atoms with Gasteiger partial charge < -0.3 is 10.1 Å². The number of nitrogens with zero attached hydrogens (tertiary/aromatic N) is 1. The van der Waals surface area contributed by atoms with Crippen molar-refractivity contribution in [2.24, 2.45) is 0 Å². The maximum absolute atomic E-state index is 11.5. The number of amides is 1. The van der Waals surface area contributed by atoms with E-state index >= 15 is 0 Å². The molecule has 1 heterocycles. The summed E-state index contributed by atoms with van der Waals surface area (Å²) in [6.45, 7) is 0.594. The minimum Gasteiger partial charge on any atom is -0.445 e. The van der Waals surface area contributed by atoms with Gasteiger partial charge in [-0.25, -0.2) is 4.79 Å². The van der Waals surface area contributed by atoms with E-state index in [0.29, 0.717) is 18.5 Å². The van der Waals surface area contributed by atoms with E-state index in [0.717, 1.165) is 11.1 Å². The number of aldehydes is 1. The lowest BCUT2D eigenvalue weighted by molar-refractivity contribution is 0.111. The highest BCUT2D eigenvalue weighted by Gasteiger charge is 2.00. The molecule has 0 bridgehead atoms. The molecule has 0 unspecified atom stereocenters. The Bertz CT molecular complexity index is 637. The minimum atomic E-state index is -0.470. The third-order valence-electron chi connectivity index (χ3n) is 2.82. The Kier molecular flexibility index (Phi) is 5.87. The van der Waals surface area contributed by atoms with Crippen molar-refractivity contribution in [2.45, 2.75) is 6.61 Å². The highest BCUT2D eigenvalue weighted by molar-refractivity contribution is 5.72. The van der Waals surface area contributed by atoms with E-state index < -0.39 is 6.09 Å². The van der Waals surface area contributed by atoms with Crippen LogP contribution in [0.15, 0.2) is 54.7 Å². The molecular weight excluding hydrogens is 280 g/mol. The minimum absolute atomic E-state index is 0.244. The van der Waals surface area contributed by atoms with Crippen LogP contribution in [0.4, 0.5) is 4.79 Å². The number of pyridine rings is 1. The van der Waals surface area contributed by atoms with Gasteiger partial charge in [0.25, 0.3) is 0 Å². The molecule has 0 saturated carbocycles. The Morgan fingerprint density at radius 3 is 2.68 bits per heavy atom. The highest BCUT2D eigenvalue weighted by Crippen LogP contribution is 2.02. The van der Waals surface area contributed by atoms with E-state index in [1.165, 1.54) is 0 Å².